The molecule has 3 heteroatoms. The van der Waals surface area contributed by atoms with E-state index in [1.54, 1.807) is 0 Å². The van der Waals surface area contributed by atoms with Crippen molar-refractivity contribution in [2.24, 2.45) is 5.92 Å². The Hall–Kier alpha value is 0.270. The van der Waals surface area contributed by atoms with E-state index in [1.807, 2.05) is 0 Å². The highest BCUT2D eigenvalue weighted by Crippen LogP contribution is 2.28. The highest BCUT2D eigenvalue weighted by atomic mass is 32.1. The van der Waals surface area contributed by atoms with Crippen molar-refractivity contribution in [3.8, 4) is 0 Å². The van der Waals surface area contributed by atoms with Crippen molar-refractivity contribution in [1.82, 2.24) is 4.31 Å². The summed E-state index contributed by atoms with van der Waals surface area (Å²) < 4.78 is 7.65. The molecule has 10 heavy (non-hydrogen) atoms. The normalized spacial score (nSPS) is 41.7. The lowest BCUT2D eigenvalue weighted by Crippen LogP contribution is -2.27. The van der Waals surface area contributed by atoms with Crippen molar-refractivity contribution in [3.05, 3.63) is 0 Å². The van der Waals surface area contributed by atoms with Crippen LogP contribution >= 0.6 is 12.8 Å². The number of thiol groups is 1. The lowest BCUT2D eigenvalue weighted by molar-refractivity contribution is 0.0000332. The highest BCUT2D eigenvalue weighted by molar-refractivity contribution is 7.77. The van der Waals surface area contributed by atoms with E-state index in [9.17, 15) is 0 Å². The van der Waals surface area contributed by atoms with Gasteiger partial charge in [0.15, 0.2) is 0 Å². The molecule has 2 unspecified atom stereocenters. The summed E-state index contributed by atoms with van der Waals surface area (Å²) in [5, 5.41) is 0. The standard InChI is InChI=1S/C7H13NOS/c10-8-4-6-2-1-3-9-7(6)5-8/h6-7,10H,1-5H2. The van der Waals surface area contributed by atoms with Crippen LogP contribution in [0.4, 0.5) is 0 Å². The zero-order chi connectivity index (χ0) is 6.97. The molecule has 58 valence electrons. The molecule has 2 rings (SSSR count). The molecule has 0 aromatic heterocycles. The fourth-order valence-electron chi connectivity index (χ4n) is 1.87. The summed E-state index contributed by atoms with van der Waals surface area (Å²) >= 11 is 4.30. The second-order valence-electron chi connectivity index (χ2n) is 3.18. The summed E-state index contributed by atoms with van der Waals surface area (Å²) in [4.78, 5) is 0. The number of hydrogen-bond donors (Lipinski definition) is 1. The molecule has 0 N–H and O–H groups in total. The Morgan fingerprint density at radius 3 is 3.10 bits per heavy atom. The smallest absolute Gasteiger partial charge is 0.0751 e. The molecular weight excluding hydrogens is 146 g/mol. The van der Waals surface area contributed by atoms with E-state index in [0.717, 1.165) is 25.6 Å². The SMILES string of the molecule is SN1CC2CCCOC2C1. The Morgan fingerprint density at radius 2 is 2.30 bits per heavy atom. The van der Waals surface area contributed by atoms with Crippen LogP contribution in [0.3, 0.4) is 0 Å². The van der Waals surface area contributed by atoms with E-state index in [4.69, 9.17) is 4.74 Å². The first-order valence-electron chi connectivity index (χ1n) is 3.91. The average Bonchev–Trinajstić information content (AvgIpc) is 2.27. The molecule has 0 spiro atoms. The number of rotatable bonds is 0. The molecule has 0 bridgehead atoms. The van der Waals surface area contributed by atoms with E-state index in [0.29, 0.717) is 6.10 Å². The first kappa shape index (κ1) is 6.95. The Morgan fingerprint density at radius 1 is 1.40 bits per heavy atom. The minimum Gasteiger partial charge on any atom is -0.377 e. The zero-order valence-electron chi connectivity index (χ0n) is 5.99. The monoisotopic (exact) mass is 159 g/mol. The number of fused-ring (bicyclic) bond motifs is 1. The van der Waals surface area contributed by atoms with Crippen molar-refractivity contribution in [2.75, 3.05) is 19.7 Å². The third-order valence-electron chi connectivity index (χ3n) is 2.41. The van der Waals surface area contributed by atoms with Gasteiger partial charge in [-0.2, -0.15) is 0 Å². The molecule has 0 aromatic carbocycles. The summed E-state index contributed by atoms with van der Waals surface area (Å²) in [7, 11) is 0. The Kier molecular flexibility index (Phi) is 1.89. The Balaban J connectivity index is 1.97. The van der Waals surface area contributed by atoms with Gasteiger partial charge in [-0.3, -0.25) is 4.31 Å². The molecule has 2 saturated heterocycles. The number of hydrogen-bond acceptors (Lipinski definition) is 3. The van der Waals surface area contributed by atoms with Crippen LogP contribution in [0.5, 0.6) is 0 Å². The lowest BCUT2D eigenvalue weighted by Gasteiger charge is -2.23. The van der Waals surface area contributed by atoms with Crippen molar-refractivity contribution < 1.29 is 4.74 Å². The molecule has 0 saturated carbocycles. The third-order valence-corrected chi connectivity index (χ3v) is 2.74. The minimum atomic E-state index is 0.492. The molecule has 0 aromatic rings. The molecule has 0 amide bonds. The van der Waals surface area contributed by atoms with Crippen molar-refractivity contribution >= 4 is 12.8 Å². The predicted molar refractivity (Wildman–Crippen MR) is 43.0 cm³/mol. The zero-order valence-corrected chi connectivity index (χ0v) is 6.89. The molecule has 2 heterocycles. The van der Waals surface area contributed by atoms with Gasteiger partial charge in [0.25, 0.3) is 0 Å². The number of ether oxygens (including phenoxy) is 1. The molecule has 2 fully saturated rings. The summed E-state index contributed by atoms with van der Waals surface area (Å²) in [6.45, 7) is 3.10. The largest absolute Gasteiger partial charge is 0.377 e. The van der Waals surface area contributed by atoms with Crippen LogP contribution in [0, 0.1) is 5.92 Å². The fourth-order valence-corrected chi connectivity index (χ4v) is 2.24. The van der Waals surface area contributed by atoms with E-state index in [1.165, 1.54) is 12.8 Å². The summed E-state index contributed by atoms with van der Waals surface area (Å²) in [6, 6.07) is 0. The van der Waals surface area contributed by atoms with Crippen LogP contribution in [0.1, 0.15) is 12.8 Å². The van der Waals surface area contributed by atoms with Gasteiger partial charge in [0, 0.05) is 25.6 Å². The second kappa shape index (κ2) is 2.72. The summed E-state index contributed by atoms with van der Waals surface area (Å²) in [6.07, 6.45) is 3.07. The molecule has 2 nitrogen and oxygen atoms in total. The van der Waals surface area contributed by atoms with Gasteiger partial charge < -0.3 is 4.74 Å². The molecule has 2 aliphatic rings. The minimum absolute atomic E-state index is 0.492. The highest BCUT2D eigenvalue weighted by Gasteiger charge is 2.33. The van der Waals surface area contributed by atoms with Crippen LogP contribution < -0.4 is 0 Å². The second-order valence-corrected chi connectivity index (χ2v) is 3.75. The molecule has 2 aliphatic heterocycles. The predicted octanol–water partition coefficient (Wildman–Crippen LogP) is 0.942. The first-order valence-corrected chi connectivity index (χ1v) is 4.31. The maximum Gasteiger partial charge on any atom is 0.0751 e. The molecular formula is C7H13NOS. The topological polar surface area (TPSA) is 12.5 Å². The maximum atomic E-state index is 5.58. The van der Waals surface area contributed by atoms with E-state index in [2.05, 4.69) is 17.1 Å². The van der Waals surface area contributed by atoms with E-state index < -0.39 is 0 Å². The Labute approximate surface area is 67.1 Å². The summed E-state index contributed by atoms with van der Waals surface area (Å²) in [5.74, 6) is 0.770. The van der Waals surface area contributed by atoms with Gasteiger partial charge in [0.05, 0.1) is 6.10 Å². The van der Waals surface area contributed by atoms with E-state index in [-0.39, 0.29) is 0 Å². The lowest BCUT2D eigenvalue weighted by atomic mass is 9.98. The molecule has 0 aliphatic carbocycles. The quantitative estimate of drug-likeness (QED) is 0.528. The van der Waals surface area contributed by atoms with Crippen LogP contribution in [-0.4, -0.2) is 30.1 Å². The number of nitrogens with zero attached hydrogens (tertiary/aromatic N) is 1. The molecule has 0 radical (unpaired) electrons. The van der Waals surface area contributed by atoms with Gasteiger partial charge >= 0.3 is 0 Å². The van der Waals surface area contributed by atoms with Gasteiger partial charge in [0.2, 0.25) is 0 Å². The fraction of sp³-hybridized carbons (Fsp3) is 1.00. The van der Waals surface area contributed by atoms with Crippen LogP contribution in [-0.2, 0) is 4.74 Å². The van der Waals surface area contributed by atoms with Crippen LogP contribution in [0.2, 0.25) is 0 Å². The van der Waals surface area contributed by atoms with E-state index >= 15 is 0 Å². The van der Waals surface area contributed by atoms with Gasteiger partial charge in [-0.1, -0.05) is 12.8 Å². The van der Waals surface area contributed by atoms with Crippen LogP contribution in [0.25, 0.3) is 0 Å². The van der Waals surface area contributed by atoms with Gasteiger partial charge in [-0.05, 0) is 12.8 Å². The Bertz CT molecular complexity index is 117. The summed E-state index contributed by atoms with van der Waals surface area (Å²) in [5.41, 5.74) is 0. The van der Waals surface area contributed by atoms with Crippen molar-refractivity contribution in [2.45, 2.75) is 18.9 Å². The van der Waals surface area contributed by atoms with Crippen LogP contribution in [0.15, 0.2) is 0 Å². The maximum absolute atomic E-state index is 5.58. The average molecular weight is 159 g/mol. The van der Waals surface area contributed by atoms with Crippen molar-refractivity contribution in [1.29, 1.82) is 0 Å². The van der Waals surface area contributed by atoms with Gasteiger partial charge in [-0.15, -0.1) is 0 Å². The third kappa shape index (κ3) is 1.18. The van der Waals surface area contributed by atoms with Crippen molar-refractivity contribution in [3.63, 3.8) is 0 Å². The first-order chi connectivity index (χ1) is 4.86. The van der Waals surface area contributed by atoms with Gasteiger partial charge in [-0.25, -0.2) is 0 Å². The van der Waals surface area contributed by atoms with Gasteiger partial charge in [0.1, 0.15) is 0 Å². The molecule has 2 atom stereocenters.